The summed E-state index contributed by atoms with van der Waals surface area (Å²) in [5, 5.41) is 2.76. The van der Waals surface area contributed by atoms with E-state index in [9.17, 15) is 13.2 Å². The predicted octanol–water partition coefficient (Wildman–Crippen LogP) is 2.10. The van der Waals surface area contributed by atoms with Gasteiger partial charge < -0.3 is 14.8 Å². The molecule has 0 fully saturated rings. The van der Waals surface area contributed by atoms with Crippen LogP contribution in [0.5, 0.6) is 11.5 Å². The monoisotopic (exact) mass is 346 g/mol. The van der Waals surface area contributed by atoms with Gasteiger partial charge in [0, 0.05) is 23.9 Å². The van der Waals surface area contributed by atoms with Crippen LogP contribution in [0.4, 0.5) is 11.4 Å². The highest BCUT2D eigenvalue weighted by molar-refractivity contribution is 7.92. The number of anilines is 2. The largest absolute Gasteiger partial charge is 0.454 e. The number of nitrogens with one attached hydrogen (secondary N) is 2. The van der Waals surface area contributed by atoms with E-state index in [1.807, 2.05) is 0 Å². The summed E-state index contributed by atoms with van der Waals surface area (Å²) in [6.45, 7) is 0.0861. The first kappa shape index (κ1) is 14.8. The first-order valence-corrected chi connectivity index (χ1v) is 8.85. The molecular weight excluding hydrogens is 332 g/mol. The zero-order chi connectivity index (χ0) is 16.7. The minimum atomic E-state index is -3.75. The Labute approximate surface area is 138 Å². The molecule has 0 spiro atoms. The Kier molecular flexibility index (Phi) is 3.34. The van der Waals surface area contributed by atoms with Crippen molar-refractivity contribution in [2.45, 2.75) is 17.7 Å². The van der Waals surface area contributed by atoms with Gasteiger partial charge in [-0.15, -0.1) is 0 Å². The third-order valence-corrected chi connectivity index (χ3v) is 5.29. The summed E-state index contributed by atoms with van der Waals surface area (Å²) in [5.74, 6) is 0.903. The van der Waals surface area contributed by atoms with Crippen molar-refractivity contribution in [3.05, 3.63) is 42.0 Å². The number of ether oxygens (including phenoxy) is 2. The Morgan fingerprint density at radius 2 is 1.83 bits per heavy atom. The molecule has 0 aliphatic carbocycles. The summed E-state index contributed by atoms with van der Waals surface area (Å²) in [4.78, 5) is 11.5. The van der Waals surface area contributed by atoms with E-state index < -0.39 is 10.0 Å². The topological polar surface area (TPSA) is 93.7 Å². The highest BCUT2D eigenvalue weighted by Gasteiger charge is 2.21. The maximum Gasteiger partial charge on any atom is 0.262 e. The van der Waals surface area contributed by atoms with Gasteiger partial charge >= 0.3 is 0 Å². The molecule has 2 N–H and O–H groups in total. The average Bonchev–Trinajstić information content (AvgIpc) is 3.02. The number of carbonyl (C=O) groups excluding carboxylic acids is 1. The molecule has 0 aromatic heterocycles. The average molecular weight is 346 g/mol. The van der Waals surface area contributed by atoms with E-state index in [1.54, 1.807) is 24.3 Å². The second-order valence-electron chi connectivity index (χ2n) is 5.54. The predicted molar refractivity (Wildman–Crippen MR) is 86.8 cm³/mol. The fourth-order valence-corrected chi connectivity index (χ4v) is 3.77. The zero-order valence-electron chi connectivity index (χ0n) is 12.5. The molecule has 7 nitrogen and oxygen atoms in total. The maximum atomic E-state index is 12.5. The van der Waals surface area contributed by atoms with E-state index in [0.29, 0.717) is 30.0 Å². The van der Waals surface area contributed by atoms with Crippen LogP contribution in [0, 0.1) is 0 Å². The van der Waals surface area contributed by atoms with Crippen molar-refractivity contribution < 1.29 is 22.7 Å². The third-order valence-electron chi connectivity index (χ3n) is 3.91. The van der Waals surface area contributed by atoms with Crippen molar-refractivity contribution in [3.63, 3.8) is 0 Å². The highest BCUT2D eigenvalue weighted by Crippen LogP contribution is 2.34. The van der Waals surface area contributed by atoms with Crippen LogP contribution >= 0.6 is 0 Å². The molecule has 0 bridgehead atoms. The standard InChI is InChI=1S/C16H14N2O5S/c19-16-6-1-10-7-11(2-4-13(10)17-16)18-24(20,21)12-3-5-14-15(8-12)23-9-22-14/h2-5,7-8,18H,1,6,9H2,(H,17,19). The molecule has 0 radical (unpaired) electrons. The fourth-order valence-electron chi connectivity index (χ4n) is 2.70. The van der Waals surface area contributed by atoms with Crippen LogP contribution in [0.25, 0.3) is 0 Å². The van der Waals surface area contributed by atoms with Gasteiger partial charge in [-0.25, -0.2) is 8.42 Å². The second kappa shape index (κ2) is 5.41. The van der Waals surface area contributed by atoms with Crippen molar-refractivity contribution in [2.24, 2.45) is 0 Å². The Morgan fingerprint density at radius 1 is 1.00 bits per heavy atom. The number of fused-ring (bicyclic) bond motifs is 2. The van der Waals surface area contributed by atoms with E-state index in [1.165, 1.54) is 12.1 Å². The molecule has 2 aromatic carbocycles. The number of hydrogen-bond acceptors (Lipinski definition) is 5. The minimum Gasteiger partial charge on any atom is -0.454 e. The van der Waals surface area contributed by atoms with Gasteiger partial charge in [0.15, 0.2) is 11.5 Å². The summed E-state index contributed by atoms with van der Waals surface area (Å²) in [6, 6.07) is 9.52. The van der Waals surface area contributed by atoms with Crippen LogP contribution in [0.2, 0.25) is 0 Å². The number of amides is 1. The smallest absolute Gasteiger partial charge is 0.262 e. The first-order valence-electron chi connectivity index (χ1n) is 7.36. The summed E-state index contributed by atoms with van der Waals surface area (Å²) >= 11 is 0. The Balaban J connectivity index is 1.61. The molecule has 0 unspecified atom stereocenters. The van der Waals surface area contributed by atoms with Crippen LogP contribution in [-0.2, 0) is 21.2 Å². The van der Waals surface area contributed by atoms with Crippen molar-refractivity contribution in [3.8, 4) is 11.5 Å². The van der Waals surface area contributed by atoms with Gasteiger partial charge in [0.2, 0.25) is 12.7 Å². The lowest BCUT2D eigenvalue weighted by Gasteiger charge is -2.18. The van der Waals surface area contributed by atoms with Crippen molar-refractivity contribution in [2.75, 3.05) is 16.8 Å². The first-order chi connectivity index (χ1) is 11.5. The number of carbonyl (C=O) groups is 1. The number of hydrogen-bond donors (Lipinski definition) is 2. The fraction of sp³-hybridized carbons (Fsp3) is 0.188. The van der Waals surface area contributed by atoms with Gasteiger partial charge in [-0.2, -0.15) is 0 Å². The lowest BCUT2D eigenvalue weighted by atomic mass is 10.0. The van der Waals surface area contributed by atoms with Gasteiger partial charge in [-0.05, 0) is 42.3 Å². The molecule has 0 saturated heterocycles. The van der Waals surface area contributed by atoms with Gasteiger partial charge in [0.25, 0.3) is 10.0 Å². The van der Waals surface area contributed by atoms with Crippen LogP contribution < -0.4 is 19.5 Å². The van der Waals surface area contributed by atoms with E-state index in [2.05, 4.69) is 10.0 Å². The van der Waals surface area contributed by atoms with Crippen LogP contribution in [-0.4, -0.2) is 21.1 Å². The molecule has 0 saturated carbocycles. The summed E-state index contributed by atoms with van der Waals surface area (Å²) in [5.41, 5.74) is 2.07. The number of aryl methyl sites for hydroxylation is 1. The van der Waals surface area contributed by atoms with Crippen molar-refractivity contribution in [1.82, 2.24) is 0 Å². The van der Waals surface area contributed by atoms with Gasteiger partial charge in [-0.1, -0.05) is 0 Å². The lowest BCUT2D eigenvalue weighted by Crippen LogP contribution is -2.19. The van der Waals surface area contributed by atoms with Gasteiger partial charge in [0.05, 0.1) is 4.90 Å². The van der Waals surface area contributed by atoms with E-state index in [4.69, 9.17) is 9.47 Å². The molecule has 1 amide bonds. The van der Waals surface area contributed by atoms with Crippen molar-refractivity contribution in [1.29, 1.82) is 0 Å². The summed E-state index contributed by atoms with van der Waals surface area (Å²) in [7, 11) is -3.75. The molecule has 2 aliphatic heterocycles. The van der Waals surface area contributed by atoms with E-state index in [-0.39, 0.29) is 17.6 Å². The zero-order valence-corrected chi connectivity index (χ0v) is 13.4. The minimum absolute atomic E-state index is 0.0313. The normalized spacial score (nSPS) is 15.6. The Morgan fingerprint density at radius 3 is 2.71 bits per heavy atom. The number of rotatable bonds is 3. The molecule has 124 valence electrons. The SMILES string of the molecule is O=C1CCc2cc(NS(=O)(=O)c3ccc4c(c3)OCO4)ccc2N1. The maximum absolute atomic E-state index is 12.5. The van der Waals surface area contributed by atoms with Gasteiger partial charge in [0.1, 0.15) is 0 Å². The van der Waals surface area contributed by atoms with Crippen LogP contribution in [0.1, 0.15) is 12.0 Å². The van der Waals surface area contributed by atoms with Crippen molar-refractivity contribution >= 4 is 27.3 Å². The summed E-state index contributed by atoms with van der Waals surface area (Å²) < 4.78 is 38.0. The van der Waals surface area contributed by atoms with Gasteiger partial charge in [-0.3, -0.25) is 9.52 Å². The molecular formula is C16H14N2O5S. The molecule has 0 atom stereocenters. The Hall–Kier alpha value is -2.74. The van der Waals surface area contributed by atoms with E-state index >= 15 is 0 Å². The number of benzene rings is 2. The second-order valence-corrected chi connectivity index (χ2v) is 7.22. The van der Waals surface area contributed by atoms with Crippen LogP contribution in [0.15, 0.2) is 41.3 Å². The summed E-state index contributed by atoms with van der Waals surface area (Å²) in [6.07, 6.45) is 0.978. The molecule has 24 heavy (non-hydrogen) atoms. The molecule has 2 heterocycles. The highest BCUT2D eigenvalue weighted by atomic mass is 32.2. The third kappa shape index (κ3) is 2.65. The Bertz CT molecular complexity index is 939. The molecule has 8 heteroatoms. The molecule has 2 aromatic rings. The van der Waals surface area contributed by atoms with Crippen LogP contribution in [0.3, 0.4) is 0 Å². The number of sulfonamides is 1. The van der Waals surface area contributed by atoms with E-state index in [0.717, 1.165) is 11.3 Å². The quantitative estimate of drug-likeness (QED) is 0.888. The molecule has 2 aliphatic rings. The lowest BCUT2D eigenvalue weighted by molar-refractivity contribution is -0.116. The molecule has 4 rings (SSSR count).